The number of hydrogen-bond acceptors (Lipinski definition) is 6. The van der Waals surface area contributed by atoms with Crippen molar-refractivity contribution in [1.29, 1.82) is 0 Å². The molecular weight excluding hydrogens is 368 g/mol. The van der Waals surface area contributed by atoms with Gasteiger partial charge < -0.3 is 20.9 Å². The summed E-state index contributed by atoms with van der Waals surface area (Å²) >= 11 is 0. The summed E-state index contributed by atoms with van der Waals surface area (Å²) in [5, 5.41) is 9.83. The van der Waals surface area contributed by atoms with E-state index in [1.165, 1.54) is 11.1 Å². The van der Waals surface area contributed by atoms with E-state index in [-0.39, 0.29) is 12.6 Å². The number of aryl methyl sites for hydroxylation is 1. The van der Waals surface area contributed by atoms with Gasteiger partial charge in [-0.1, -0.05) is 35.0 Å². The van der Waals surface area contributed by atoms with Crippen LogP contribution in [0.25, 0.3) is 0 Å². The Morgan fingerprint density at radius 1 is 1.21 bits per heavy atom. The molecule has 0 saturated carbocycles. The first-order valence-corrected chi connectivity index (χ1v) is 9.60. The van der Waals surface area contributed by atoms with Gasteiger partial charge in [-0.05, 0) is 42.7 Å². The average molecular weight is 392 g/mol. The minimum Gasteiger partial charge on any atom is -0.338 e. The third kappa shape index (κ3) is 4.61. The maximum atomic E-state index is 12.4. The van der Waals surface area contributed by atoms with Crippen molar-refractivity contribution in [2.24, 2.45) is 5.73 Å². The smallest absolute Gasteiger partial charge is 0.323 e. The Morgan fingerprint density at radius 3 is 2.79 bits per heavy atom. The van der Waals surface area contributed by atoms with Crippen molar-refractivity contribution < 1.29 is 9.32 Å². The van der Waals surface area contributed by atoms with Gasteiger partial charge in [0, 0.05) is 24.5 Å². The quantitative estimate of drug-likeness (QED) is 0.616. The second-order valence-corrected chi connectivity index (χ2v) is 7.16. The molecule has 2 amide bonds. The lowest BCUT2D eigenvalue weighted by molar-refractivity contribution is 0.235. The molecule has 0 atom stereocenters. The molecule has 2 heterocycles. The van der Waals surface area contributed by atoms with E-state index in [2.05, 4.69) is 31.7 Å². The van der Waals surface area contributed by atoms with E-state index in [9.17, 15) is 4.79 Å². The Bertz CT molecular complexity index is 999. The molecule has 0 bridgehead atoms. The van der Waals surface area contributed by atoms with Gasteiger partial charge in [-0.2, -0.15) is 4.98 Å². The topological polar surface area (TPSA) is 109 Å². The van der Waals surface area contributed by atoms with E-state index in [0.717, 1.165) is 36.4 Å². The molecule has 0 spiro atoms. The number of benzene rings is 2. The molecule has 3 aromatic rings. The van der Waals surface area contributed by atoms with Crippen LogP contribution in [0.4, 0.5) is 16.2 Å². The first kappa shape index (κ1) is 19.1. The Balaban J connectivity index is 1.41. The number of rotatable bonds is 5. The van der Waals surface area contributed by atoms with Gasteiger partial charge in [0.25, 0.3) is 0 Å². The van der Waals surface area contributed by atoms with Crippen LogP contribution in [-0.2, 0) is 26.1 Å². The molecule has 4 rings (SSSR count). The van der Waals surface area contributed by atoms with Gasteiger partial charge in [-0.25, -0.2) is 4.79 Å². The fourth-order valence-corrected chi connectivity index (χ4v) is 3.48. The molecule has 0 aliphatic carbocycles. The molecule has 1 aliphatic heterocycles. The van der Waals surface area contributed by atoms with Crippen LogP contribution in [0.2, 0.25) is 0 Å². The van der Waals surface area contributed by atoms with Crippen LogP contribution in [0.5, 0.6) is 0 Å². The summed E-state index contributed by atoms with van der Waals surface area (Å²) in [7, 11) is 0. The van der Waals surface area contributed by atoms with Crippen molar-refractivity contribution in [2.75, 3.05) is 17.2 Å². The van der Waals surface area contributed by atoms with Gasteiger partial charge in [0.2, 0.25) is 5.89 Å². The summed E-state index contributed by atoms with van der Waals surface area (Å²) in [5.41, 5.74) is 10.6. The van der Waals surface area contributed by atoms with E-state index in [1.54, 1.807) is 0 Å². The van der Waals surface area contributed by atoms with Crippen LogP contribution < -0.4 is 16.4 Å². The molecule has 8 nitrogen and oxygen atoms in total. The number of fused-ring (bicyclic) bond motifs is 1. The van der Waals surface area contributed by atoms with Gasteiger partial charge in [0.05, 0.1) is 13.1 Å². The first-order valence-electron chi connectivity index (χ1n) is 9.60. The lowest BCUT2D eigenvalue weighted by Gasteiger charge is -2.29. The monoisotopic (exact) mass is 392 g/mol. The lowest BCUT2D eigenvalue weighted by Crippen LogP contribution is -2.31. The number of hydrogen-bond donors (Lipinski definition) is 3. The lowest BCUT2D eigenvalue weighted by atomic mass is 9.97. The van der Waals surface area contributed by atoms with Gasteiger partial charge in [-0.15, -0.1) is 0 Å². The molecule has 1 aliphatic rings. The Labute approximate surface area is 169 Å². The number of amides is 2. The highest BCUT2D eigenvalue weighted by Crippen LogP contribution is 2.27. The number of carbonyl (C=O) groups excluding carboxylic acids is 1. The van der Waals surface area contributed by atoms with E-state index >= 15 is 0 Å². The molecule has 4 N–H and O–H groups in total. The first-order chi connectivity index (χ1) is 14.1. The van der Waals surface area contributed by atoms with Crippen molar-refractivity contribution in [2.45, 2.75) is 33.0 Å². The fourth-order valence-electron chi connectivity index (χ4n) is 3.48. The highest BCUT2D eigenvalue weighted by atomic mass is 16.5. The maximum absolute atomic E-state index is 12.4. The van der Waals surface area contributed by atoms with E-state index in [4.69, 9.17) is 10.3 Å². The van der Waals surface area contributed by atoms with Gasteiger partial charge in [-0.3, -0.25) is 4.90 Å². The highest BCUT2D eigenvalue weighted by molar-refractivity contribution is 6.00. The van der Waals surface area contributed by atoms with Crippen LogP contribution in [0.3, 0.4) is 0 Å². The maximum Gasteiger partial charge on any atom is 0.323 e. The number of carbonyl (C=O) groups is 1. The molecule has 0 saturated heterocycles. The summed E-state index contributed by atoms with van der Waals surface area (Å²) in [5.74, 6) is 1.09. The summed E-state index contributed by atoms with van der Waals surface area (Å²) in [6.45, 7) is 4.47. The summed E-state index contributed by atoms with van der Waals surface area (Å²) in [6.07, 6.45) is 0.831. The Hall–Kier alpha value is -3.23. The van der Waals surface area contributed by atoms with Crippen LogP contribution >= 0.6 is 0 Å². The zero-order chi connectivity index (χ0) is 20.2. The zero-order valence-corrected chi connectivity index (χ0v) is 16.3. The fraction of sp³-hybridized carbons (Fsp3) is 0.286. The number of nitrogens with zero attached hydrogens (tertiary/aromatic N) is 3. The molecule has 0 radical (unpaired) electrons. The summed E-state index contributed by atoms with van der Waals surface area (Å²) < 4.78 is 5.08. The highest BCUT2D eigenvalue weighted by Gasteiger charge is 2.21. The zero-order valence-electron chi connectivity index (χ0n) is 16.3. The van der Waals surface area contributed by atoms with Crippen molar-refractivity contribution in [3.05, 3.63) is 70.9 Å². The molecule has 29 heavy (non-hydrogen) atoms. The predicted molar refractivity (Wildman–Crippen MR) is 110 cm³/mol. The second kappa shape index (κ2) is 8.42. The van der Waals surface area contributed by atoms with Crippen molar-refractivity contribution >= 4 is 17.4 Å². The SMILES string of the molecule is Cc1ccc(NC(=O)Nc2cccc3c2CCN(Cc2noc(CN)n2)C3)cc1. The number of urea groups is 1. The number of nitrogens with one attached hydrogen (secondary N) is 2. The van der Waals surface area contributed by atoms with E-state index in [1.807, 2.05) is 43.3 Å². The molecule has 0 fully saturated rings. The molecule has 150 valence electrons. The third-order valence-corrected chi connectivity index (χ3v) is 4.95. The standard InChI is InChI=1S/C21H24N6O2/c1-14-5-7-16(8-6-14)23-21(28)24-18-4-2-3-15-12-27(10-9-17(15)18)13-19-25-20(11-22)29-26-19/h2-8H,9-13,22H2,1H3,(H2,23,24,28). The van der Waals surface area contributed by atoms with Crippen LogP contribution in [-0.4, -0.2) is 27.6 Å². The summed E-state index contributed by atoms with van der Waals surface area (Å²) in [6, 6.07) is 13.5. The van der Waals surface area contributed by atoms with Crippen molar-refractivity contribution in [3.63, 3.8) is 0 Å². The third-order valence-electron chi connectivity index (χ3n) is 4.95. The van der Waals surface area contributed by atoms with Crippen molar-refractivity contribution in [3.8, 4) is 0 Å². The number of nitrogens with two attached hydrogens (primary N) is 1. The minimum atomic E-state index is -0.245. The number of anilines is 2. The summed E-state index contributed by atoms with van der Waals surface area (Å²) in [4.78, 5) is 18.9. The average Bonchev–Trinajstić information content (AvgIpc) is 3.17. The molecular formula is C21H24N6O2. The van der Waals surface area contributed by atoms with Crippen LogP contribution in [0.1, 0.15) is 28.4 Å². The van der Waals surface area contributed by atoms with Crippen LogP contribution in [0, 0.1) is 6.92 Å². The van der Waals surface area contributed by atoms with Crippen molar-refractivity contribution in [1.82, 2.24) is 15.0 Å². The van der Waals surface area contributed by atoms with Gasteiger partial charge in [0.15, 0.2) is 5.82 Å². The molecule has 2 aromatic carbocycles. The molecule has 1 aromatic heterocycles. The normalized spacial score (nSPS) is 13.7. The molecule has 8 heteroatoms. The molecule has 0 unspecified atom stereocenters. The van der Waals surface area contributed by atoms with Crippen LogP contribution in [0.15, 0.2) is 47.0 Å². The predicted octanol–water partition coefficient (Wildman–Crippen LogP) is 3.04. The van der Waals surface area contributed by atoms with Gasteiger partial charge >= 0.3 is 6.03 Å². The van der Waals surface area contributed by atoms with E-state index < -0.39 is 0 Å². The largest absolute Gasteiger partial charge is 0.338 e. The Kier molecular flexibility index (Phi) is 5.55. The Morgan fingerprint density at radius 2 is 2.03 bits per heavy atom. The van der Waals surface area contributed by atoms with Gasteiger partial charge in [0.1, 0.15) is 0 Å². The van der Waals surface area contributed by atoms with E-state index in [0.29, 0.717) is 18.3 Å². The second-order valence-electron chi connectivity index (χ2n) is 7.16. The number of aromatic nitrogens is 2. The minimum absolute atomic E-state index is 0.245.